The minimum atomic E-state index is -0.341. The molecular weight excluding hydrogens is 277 g/mol. The van der Waals surface area contributed by atoms with Gasteiger partial charge in [0.2, 0.25) is 5.91 Å². The maximum absolute atomic E-state index is 13.5. The van der Waals surface area contributed by atoms with Crippen molar-refractivity contribution >= 4 is 23.2 Å². The number of carbonyl (C=O) groups excluding carboxylic acids is 1. The highest BCUT2D eigenvalue weighted by molar-refractivity contribution is 6.33. The van der Waals surface area contributed by atoms with Gasteiger partial charge in [-0.05, 0) is 43.9 Å². The van der Waals surface area contributed by atoms with E-state index in [-0.39, 0.29) is 17.8 Å². The predicted octanol–water partition coefficient (Wildman–Crippen LogP) is 5.11. The lowest BCUT2D eigenvalue weighted by atomic mass is 10.1. The Morgan fingerprint density at radius 1 is 1.30 bits per heavy atom. The summed E-state index contributed by atoms with van der Waals surface area (Å²) in [5.74, 6) is -0.291. The molecule has 0 atom stereocenters. The van der Waals surface area contributed by atoms with E-state index in [1.165, 1.54) is 6.07 Å². The van der Waals surface area contributed by atoms with Crippen LogP contribution < -0.4 is 4.90 Å². The second kappa shape index (κ2) is 7.63. The Bertz CT molecular complexity index is 472. The Kier molecular flexibility index (Phi) is 6.47. The van der Waals surface area contributed by atoms with Crippen molar-refractivity contribution in [2.24, 2.45) is 0 Å². The van der Waals surface area contributed by atoms with Gasteiger partial charge in [-0.3, -0.25) is 4.79 Å². The molecule has 1 aromatic carbocycles. The molecule has 1 rings (SSSR count). The second-order valence-electron chi connectivity index (χ2n) is 5.04. The second-order valence-corrected chi connectivity index (χ2v) is 5.44. The number of rotatable bonds is 6. The van der Waals surface area contributed by atoms with Crippen molar-refractivity contribution in [3.8, 4) is 0 Å². The summed E-state index contributed by atoms with van der Waals surface area (Å²) in [5.41, 5.74) is 1.13. The average Bonchev–Trinajstić information content (AvgIpc) is 2.41. The van der Waals surface area contributed by atoms with E-state index in [2.05, 4.69) is 0 Å². The standard InChI is InChI=1S/C16H23ClFNO/c1-5-8-16(20)19(12(6-2)7-3)15-9-11(4)14(18)10-13(15)17/h9-10,12H,5-8H2,1-4H3. The van der Waals surface area contributed by atoms with Crippen LogP contribution in [-0.2, 0) is 4.79 Å². The van der Waals surface area contributed by atoms with Crippen LogP contribution in [0.4, 0.5) is 10.1 Å². The maximum atomic E-state index is 13.5. The number of benzene rings is 1. The van der Waals surface area contributed by atoms with Crippen LogP contribution in [0, 0.1) is 12.7 Å². The molecule has 112 valence electrons. The van der Waals surface area contributed by atoms with Gasteiger partial charge in [0, 0.05) is 12.5 Å². The molecule has 0 radical (unpaired) electrons. The SMILES string of the molecule is CCCC(=O)N(c1cc(C)c(F)cc1Cl)C(CC)CC. The van der Waals surface area contributed by atoms with Gasteiger partial charge in [0.25, 0.3) is 0 Å². The normalized spacial score (nSPS) is 10.9. The first-order valence-corrected chi connectivity index (χ1v) is 7.61. The van der Waals surface area contributed by atoms with Crippen molar-refractivity contribution in [3.05, 3.63) is 28.5 Å². The van der Waals surface area contributed by atoms with E-state index in [1.807, 2.05) is 20.8 Å². The van der Waals surface area contributed by atoms with Crippen LogP contribution in [0.2, 0.25) is 5.02 Å². The molecule has 0 unspecified atom stereocenters. The monoisotopic (exact) mass is 299 g/mol. The maximum Gasteiger partial charge on any atom is 0.227 e. The summed E-state index contributed by atoms with van der Waals surface area (Å²) in [5, 5.41) is 0.296. The van der Waals surface area contributed by atoms with Crippen LogP contribution in [0.5, 0.6) is 0 Å². The Labute approximate surface area is 125 Å². The summed E-state index contributed by atoms with van der Waals surface area (Å²) in [6.45, 7) is 7.75. The number of amides is 1. The van der Waals surface area contributed by atoms with E-state index >= 15 is 0 Å². The summed E-state index contributed by atoms with van der Waals surface area (Å²) >= 11 is 6.16. The van der Waals surface area contributed by atoms with Crippen LogP contribution in [-0.4, -0.2) is 11.9 Å². The first-order valence-electron chi connectivity index (χ1n) is 7.23. The molecule has 4 heteroatoms. The highest BCUT2D eigenvalue weighted by Gasteiger charge is 2.24. The summed E-state index contributed by atoms with van der Waals surface area (Å²) in [6.07, 6.45) is 2.95. The zero-order chi connectivity index (χ0) is 15.3. The third-order valence-corrected chi connectivity index (χ3v) is 3.83. The van der Waals surface area contributed by atoms with Crippen molar-refractivity contribution in [2.75, 3.05) is 4.90 Å². The van der Waals surface area contributed by atoms with Gasteiger partial charge in [-0.2, -0.15) is 0 Å². The third kappa shape index (κ3) is 3.72. The number of carbonyl (C=O) groups is 1. The van der Waals surface area contributed by atoms with Gasteiger partial charge in [-0.1, -0.05) is 32.4 Å². The van der Waals surface area contributed by atoms with Crippen molar-refractivity contribution in [1.29, 1.82) is 0 Å². The first kappa shape index (κ1) is 17.0. The van der Waals surface area contributed by atoms with Crippen molar-refractivity contribution in [2.45, 2.75) is 59.4 Å². The van der Waals surface area contributed by atoms with Crippen molar-refractivity contribution in [1.82, 2.24) is 0 Å². The molecule has 20 heavy (non-hydrogen) atoms. The average molecular weight is 300 g/mol. The summed E-state index contributed by atoms with van der Waals surface area (Å²) < 4.78 is 13.5. The van der Waals surface area contributed by atoms with Gasteiger partial charge in [-0.15, -0.1) is 0 Å². The van der Waals surface area contributed by atoms with Gasteiger partial charge in [0.05, 0.1) is 10.7 Å². The molecule has 0 heterocycles. The van der Waals surface area contributed by atoms with E-state index in [9.17, 15) is 9.18 Å². The third-order valence-electron chi connectivity index (χ3n) is 3.53. The minimum Gasteiger partial charge on any atom is -0.308 e. The van der Waals surface area contributed by atoms with Gasteiger partial charge >= 0.3 is 0 Å². The number of hydrogen-bond donors (Lipinski definition) is 0. The highest BCUT2D eigenvalue weighted by Crippen LogP contribution is 2.32. The number of aryl methyl sites for hydroxylation is 1. The van der Waals surface area contributed by atoms with E-state index in [0.717, 1.165) is 19.3 Å². The fourth-order valence-corrected chi connectivity index (χ4v) is 2.59. The van der Waals surface area contributed by atoms with Gasteiger partial charge in [-0.25, -0.2) is 4.39 Å². The molecule has 0 N–H and O–H groups in total. The molecule has 1 aromatic rings. The number of anilines is 1. The number of hydrogen-bond acceptors (Lipinski definition) is 1. The fourth-order valence-electron chi connectivity index (χ4n) is 2.35. The quantitative estimate of drug-likeness (QED) is 0.715. The molecule has 0 aliphatic carbocycles. The number of nitrogens with zero attached hydrogens (tertiary/aromatic N) is 1. The first-order chi connectivity index (χ1) is 9.46. The summed E-state index contributed by atoms with van der Waals surface area (Å²) in [4.78, 5) is 14.2. The van der Waals surface area contributed by atoms with E-state index in [0.29, 0.717) is 22.7 Å². The summed E-state index contributed by atoms with van der Waals surface area (Å²) in [6, 6.07) is 3.06. The molecular formula is C16H23ClFNO. The summed E-state index contributed by atoms with van der Waals surface area (Å²) in [7, 11) is 0. The fraction of sp³-hybridized carbons (Fsp3) is 0.562. The van der Waals surface area contributed by atoms with E-state index < -0.39 is 0 Å². The molecule has 0 aliphatic rings. The lowest BCUT2D eigenvalue weighted by molar-refractivity contribution is -0.119. The zero-order valence-electron chi connectivity index (χ0n) is 12.7. The number of halogens is 2. The molecule has 0 aromatic heterocycles. The zero-order valence-corrected chi connectivity index (χ0v) is 13.4. The highest BCUT2D eigenvalue weighted by atomic mass is 35.5. The molecule has 0 saturated heterocycles. The molecule has 2 nitrogen and oxygen atoms in total. The van der Waals surface area contributed by atoms with Crippen LogP contribution in [0.1, 0.15) is 52.0 Å². The van der Waals surface area contributed by atoms with E-state index in [1.54, 1.807) is 17.9 Å². The van der Waals surface area contributed by atoms with E-state index in [4.69, 9.17) is 11.6 Å². The topological polar surface area (TPSA) is 20.3 Å². The Hall–Kier alpha value is -1.09. The lowest BCUT2D eigenvalue weighted by Crippen LogP contribution is -2.40. The van der Waals surface area contributed by atoms with Crippen LogP contribution >= 0.6 is 11.6 Å². The van der Waals surface area contributed by atoms with Gasteiger partial charge in [0.1, 0.15) is 5.82 Å². The lowest BCUT2D eigenvalue weighted by Gasteiger charge is -2.31. The molecule has 0 saturated carbocycles. The van der Waals surface area contributed by atoms with Crippen molar-refractivity contribution < 1.29 is 9.18 Å². The Morgan fingerprint density at radius 2 is 1.90 bits per heavy atom. The van der Waals surface area contributed by atoms with Gasteiger partial charge in [0.15, 0.2) is 0 Å². The Morgan fingerprint density at radius 3 is 2.40 bits per heavy atom. The van der Waals surface area contributed by atoms with Crippen LogP contribution in [0.25, 0.3) is 0 Å². The minimum absolute atomic E-state index is 0.0501. The van der Waals surface area contributed by atoms with Crippen LogP contribution in [0.15, 0.2) is 12.1 Å². The Balaban J connectivity index is 3.29. The van der Waals surface area contributed by atoms with Crippen LogP contribution in [0.3, 0.4) is 0 Å². The van der Waals surface area contributed by atoms with Crippen molar-refractivity contribution in [3.63, 3.8) is 0 Å². The molecule has 0 spiro atoms. The molecule has 0 fully saturated rings. The molecule has 1 amide bonds. The molecule has 0 aliphatic heterocycles. The van der Waals surface area contributed by atoms with Gasteiger partial charge < -0.3 is 4.90 Å². The molecule has 0 bridgehead atoms. The predicted molar refractivity (Wildman–Crippen MR) is 82.9 cm³/mol. The largest absolute Gasteiger partial charge is 0.308 e. The smallest absolute Gasteiger partial charge is 0.227 e.